The first-order valence-corrected chi connectivity index (χ1v) is 13.1. The maximum Gasteiger partial charge on any atom is 0.412 e. The van der Waals surface area contributed by atoms with Crippen LogP contribution in [0.25, 0.3) is 11.3 Å². The lowest BCUT2D eigenvalue weighted by molar-refractivity contribution is 0.0636. The summed E-state index contributed by atoms with van der Waals surface area (Å²) in [6.07, 6.45) is -0.279. The van der Waals surface area contributed by atoms with E-state index in [9.17, 15) is 4.79 Å². The fourth-order valence-corrected chi connectivity index (χ4v) is 4.66. The van der Waals surface area contributed by atoms with Crippen LogP contribution in [-0.4, -0.2) is 55.5 Å². The summed E-state index contributed by atoms with van der Waals surface area (Å²) in [5.41, 5.74) is 4.01. The Hall–Kier alpha value is -4.40. The third-order valence-electron chi connectivity index (χ3n) is 6.55. The number of amides is 1. The second-order valence-electron chi connectivity index (χ2n) is 10.7. The Balaban J connectivity index is 1.32. The van der Waals surface area contributed by atoms with E-state index in [4.69, 9.17) is 23.9 Å². The number of rotatable bonds is 6. The van der Waals surface area contributed by atoms with Gasteiger partial charge in [-0.2, -0.15) is 4.99 Å². The van der Waals surface area contributed by atoms with Gasteiger partial charge in [-0.3, -0.25) is 5.32 Å². The molecular formula is C30H29FN4O5. The third kappa shape index (κ3) is 5.78. The summed E-state index contributed by atoms with van der Waals surface area (Å²) in [5, 5.41) is 2.73. The lowest BCUT2D eigenvalue weighted by Gasteiger charge is -2.29. The molecule has 4 heterocycles. The molecular weight excluding hydrogens is 515 g/mol. The summed E-state index contributed by atoms with van der Waals surface area (Å²) < 4.78 is 38.2. The van der Waals surface area contributed by atoms with Gasteiger partial charge in [0.1, 0.15) is 35.2 Å². The molecule has 3 aliphatic heterocycles. The van der Waals surface area contributed by atoms with E-state index in [-0.39, 0.29) is 18.8 Å². The second-order valence-corrected chi connectivity index (χ2v) is 10.7. The van der Waals surface area contributed by atoms with Crippen LogP contribution in [0.4, 0.5) is 20.6 Å². The van der Waals surface area contributed by atoms with Crippen molar-refractivity contribution in [3.05, 3.63) is 65.1 Å². The molecule has 1 fully saturated rings. The predicted octanol–water partition coefficient (Wildman–Crippen LogP) is 5.71. The number of pyridine rings is 1. The largest absolute Gasteiger partial charge is 0.470 e. The number of halogens is 1. The van der Waals surface area contributed by atoms with E-state index in [2.05, 4.69) is 21.1 Å². The highest BCUT2D eigenvalue weighted by atomic mass is 19.1. The Morgan fingerprint density at radius 2 is 1.95 bits per heavy atom. The van der Waals surface area contributed by atoms with Crippen molar-refractivity contribution in [3.8, 4) is 28.6 Å². The van der Waals surface area contributed by atoms with Crippen molar-refractivity contribution >= 4 is 23.3 Å². The van der Waals surface area contributed by atoms with Gasteiger partial charge in [-0.1, -0.05) is 0 Å². The van der Waals surface area contributed by atoms with Gasteiger partial charge in [0, 0.05) is 59.5 Å². The molecule has 0 spiro atoms. The van der Waals surface area contributed by atoms with Crippen molar-refractivity contribution in [2.24, 2.45) is 4.99 Å². The first kappa shape index (κ1) is 25.9. The first-order chi connectivity index (χ1) is 19.2. The summed E-state index contributed by atoms with van der Waals surface area (Å²) in [5.74, 6) is 3.82. The molecule has 3 aromatic rings. The van der Waals surface area contributed by atoms with Crippen LogP contribution in [0.15, 0.2) is 53.2 Å². The fraction of sp³-hybridized carbons (Fsp3) is 0.333. The highest BCUT2D eigenvalue weighted by molar-refractivity contribution is 5.85. The molecule has 0 atom stereocenters. The summed E-state index contributed by atoms with van der Waals surface area (Å²) in [6, 6.07) is 12.2. The number of hydrogen-bond acceptors (Lipinski definition) is 8. The fourth-order valence-electron chi connectivity index (χ4n) is 4.66. The molecule has 1 N–H and O–H groups in total. The van der Waals surface area contributed by atoms with E-state index < -0.39 is 11.7 Å². The lowest BCUT2D eigenvalue weighted by Crippen LogP contribution is -2.36. The molecule has 2 aromatic carbocycles. The number of nitrogens with one attached hydrogen (secondary N) is 1. The van der Waals surface area contributed by atoms with Crippen LogP contribution in [0.5, 0.6) is 17.4 Å². The van der Waals surface area contributed by atoms with Crippen LogP contribution >= 0.6 is 0 Å². The number of aromatic nitrogens is 1. The van der Waals surface area contributed by atoms with Gasteiger partial charge in [-0.15, -0.1) is 0 Å². The van der Waals surface area contributed by atoms with E-state index in [1.807, 2.05) is 12.1 Å². The highest BCUT2D eigenvalue weighted by Crippen LogP contribution is 2.45. The number of nitrogens with zero attached hydrogens (tertiary/aromatic N) is 3. The standard InChI is InChI=1S/C30H29FN4O5/c1-30(2,3)40-29(36)33-19-4-7-26-18(12-19)13-23-24(31)6-5-22(28(23)39-26)25-14-21(35-8-10-37-11-9-35)15-27(34-25)38-17-20-16-32-20/h4-7,12,14-15H,8-11,13,17H2,1-3H3,(H,33,36). The molecule has 0 unspecified atom stereocenters. The molecule has 3 aliphatic rings. The van der Waals surface area contributed by atoms with Crippen LogP contribution in [0.1, 0.15) is 31.9 Å². The minimum Gasteiger partial charge on any atom is -0.470 e. The molecule has 1 amide bonds. The number of carbonyl (C=O) groups is 1. The molecule has 206 valence electrons. The van der Waals surface area contributed by atoms with Crippen molar-refractivity contribution in [3.63, 3.8) is 0 Å². The number of aliphatic imine (C=N–C) groups is 1. The summed E-state index contributed by atoms with van der Waals surface area (Å²) in [7, 11) is 0. The molecule has 1 saturated heterocycles. The maximum atomic E-state index is 15.2. The molecule has 6 rings (SSSR count). The van der Waals surface area contributed by atoms with Crippen molar-refractivity contribution in [1.29, 1.82) is 0 Å². The number of fused-ring (bicyclic) bond motifs is 2. The van der Waals surface area contributed by atoms with Gasteiger partial charge in [0.25, 0.3) is 0 Å². The van der Waals surface area contributed by atoms with Gasteiger partial charge < -0.3 is 23.8 Å². The van der Waals surface area contributed by atoms with Crippen molar-refractivity contribution in [2.75, 3.05) is 43.1 Å². The van der Waals surface area contributed by atoms with Crippen LogP contribution in [0.2, 0.25) is 0 Å². The van der Waals surface area contributed by atoms with Crippen LogP contribution in [-0.2, 0) is 15.9 Å². The SMILES string of the molecule is CC(C)(C)OC(=O)Nc1ccc2c(c1)Cc1c(F)ccc(-c3cc(N4CCOCC4)cc(OCC4=C=N4)n3)c1O2. The van der Waals surface area contributed by atoms with Crippen molar-refractivity contribution < 1.29 is 28.1 Å². The zero-order valence-electron chi connectivity index (χ0n) is 22.5. The minimum atomic E-state index is -0.624. The monoisotopic (exact) mass is 544 g/mol. The second kappa shape index (κ2) is 10.3. The van der Waals surface area contributed by atoms with E-state index in [1.54, 1.807) is 45.0 Å². The Labute approximate surface area is 231 Å². The molecule has 0 saturated carbocycles. The quantitative estimate of drug-likeness (QED) is 0.332. The number of ether oxygens (including phenoxy) is 4. The number of anilines is 2. The van der Waals surface area contributed by atoms with E-state index in [0.29, 0.717) is 53.1 Å². The summed E-state index contributed by atoms with van der Waals surface area (Å²) in [6.45, 7) is 8.41. The van der Waals surface area contributed by atoms with Gasteiger partial charge in [0.05, 0.1) is 18.9 Å². The van der Waals surface area contributed by atoms with Crippen LogP contribution in [0, 0.1) is 5.82 Å². The van der Waals surface area contributed by atoms with Crippen LogP contribution < -0.4 is 19.7 Å². The molecule has 40 heavy (non-hydrogen) atoms. The lowest BCUT2D eigenvalue weighted by atomic mass is 9.95. The number of hydrogen-bond donors (Lipinski definition) is 1. The molecule has 0 aliphatic carbocycles. The summed E-state index contributed by atoms with van der Waals surface area (Å²) >= 11 is 0. The number of carbonyl (C=O) groups excluding carboxylic acids is 1. The Morgan fingerprint density at radius 1 is 1.15 bits per heavy atom. The van der Waals surface area contributed by atoms with Gasteiger partial charge in [-0.05, 0) is 57.2 Å². The van der Waals surface area contributed by atoms with E-state index >= 15 is 4.39 Å². The summed E-state index contributed by atoms with van der Waals surface area (Å²) in [4.78, 5) is 23.1. The first-order valence-electron chi connectivity index (χ1n) is 13.1. The Kier molecular flexibility index (Phi) is 6.65. The molecule has 10 heteroatoms. The van der Waals surface area contributed by atoms with Crippen LogP contribution in [0.3, 0.4) is 0 Å². The van der Waals surface area contributed by atoms with Gasteiger partial charge in [0.2, 0.25) is 5.88 Å². The zero-order valence-corrected chi connectivity index (χ0v) is 22.5. The molecule has 1 aromatic heterocycles. The van der Waals surface area contributed by atoms with Gasteiger partial charge in [0.15, 0.2) is 0 Å². The Morgan fingerprint density at radius 3 is 2.70 bits per heavy atom. The predicted molar refractivity (Wildman–Crippen MR) is 148 cm³/mol. The highest BCUT2D eigenvalue weighted by Gasteiger charge is 2.26. The maximum absolute atomic E-state index is 15.2. The molecule has 9 nitrogen and oxygen atoms in total. The number of benzene rings is 2. The average molecular weight is 545 g/mol. The average Bonchev–Trinajstić information content (AvgIpc) is 3.75. The molecule has 0 bridgehead atoms. The topological polar surface area (TPSA) is 94.5 Å². The number of morpholine rings is 1. The van der Waals surface area contributed by atoms with Gasteiger partial charge >= 0.3 is 6.09 Å². The Bertz CT molecular complexity index is 1550. The van der Waals surface area contributed by atoms with Gasteiger partial charge in [-0.25, -0.2) is 14.2 Å². The smallest absolute Gasteiger partial charge is 0.412 e. The minimum absolute atomic E-state index is 0.282. The van der Waals surface area contributed by atoms with E-state index in [0.717, 1.165) is 30.0 Å². The molecule has 0 radical (unpaired) electrons. The van der Waals surface area contributed by atoms with Crippen molar-refractivity contribution in [1.82, 2.24) is 4.98 Å². The zero-order chi connectivity index (χ0) is 27.9. The normalized spacial score (nSPS) is 15.4. The van der Waals surface area contributed by atoms with E-state index in [1.165, 1.54) is 6.07 Å². The third-order valence-corrected chi connectivity index (χ3v) is 6.55. The van der Waals surface area contributed by atoms with Crippen molar-refractivity contribution in [2.45, 2.75) is 32.8 Å².